The van der Waals surface area contributed by atoms with Crippen molar-refractivity contribution >= 4 is 30.7 Å². The Kier molecular flexibility index (Phi) is 10.4. The van der Waals surface area contributed by atoms with Crippen LogP contribution in [0.1, 0.15) is 34.7 Å². The van der Waals surface area contributed by atoms with Crippen molar-refractivity contribution < 1.29 is 15.0 Å². The fourth-order valence-electron chi connectivity index (χ4n) is 3.90. The summed E-state index contributed by atoms with van der Waals surface area (Å²) < 4.78 is 5.77. The van der Waals surface area contributed by atoms with Crippen molar-refractivity contribution in [3.8, 4) is 5.75 Å². The number of halogens is 2. The number of hydrogen-bond acceptors (Lipinski definition) is 4. The molecule has 1 aromatic heterocycles. The first-order valence-corrected chi connectivity index (χ1v) is 9.44. The Morgan fingerprint density at radius 3 is 2.55 bits per heavy atom. The lowest BCUT2D eigenvalue weighted by atomic mass is 9.90. The zero-order valence-electron chi connectivity index (χ0n) is 16.3. The molecule has 0 aliphatic carbocycles. The average molecular weight is 442 g/mol. The molecular weight excluding hydrogens is 413 g/mol. The number of amides is 1. The molecule has 1 aromatic carbocycles. The van der Waals surface area contributed by atoms with Crippen LogP contribution in [0, 0.1) is 0 Å². The first kappa shape index (κ1) is 25.2. The summed E-state index contributed by atoms with van der Waals surface area (Å²) in [7, 11) is 0. The van der Waals surface area contributed by atoms with Crippen molar-refractivity contribution in [2.45, 2.75) is 18.8 Å². The van der Waals surface area contributed by atoms with Gasteiger partial charge in [0.05, 0.1) is 12.2 Å². The van der Waals surface area contributed by atoms with E-state index in [1.54, 1.807) is 12.4 Å². The van der Waals surface area contributed by atoms with E-state index in [1.807, 2.05) is 23.1 Å². The number of carbonyl (C=O) groups excluding carboxylic acids is 1. The van der Waals surface area contributed by atoms with Crippen molar-refractivity contribution in [2.75, 3.05) is 39.3 Å². The summed E-state index contributed by atoms with van der Waals surface area (Å²) in [6, 6.07) is 12.1. The normalized spacial score (nSPS) is 18.2. The van der Waals surface area contributed by atoms with Crippen LogP contribution in [0.2, 0.25) is 0 Å². The van der Waals surface area contributed by atoms with Gasteiger partial charge in [-0.05, 0) is 49.1 Å². The Bertz CT molecular complexity index is 756. The highest BCUT2D eigenvalue weighted by molar-refractivity contribution is 5.93. The number of hydrogen-bond donors (Lipinski definition) is 0. The maximum Gasteiger partial charge on any atom is 0.255 e. The molecular formula is C21H29Cl2N3O3. The number of aromatic nitrogens is 1. The molecule has 1 amide bonds. The minimum Gasteiger partial charge on any atom is -0.493 e. The fraction of sp³-hybridized carbons (Fsp3) is 0.429. The van der Waals surface area contributed by atoms with Crippen LogP contribution in [0.3, 0.4) is 0 Å². The Morgan fingerprint density at radius 2 is 1.83 bits per heavy atom. The van der Waals surface area contributed by atoms with Gasteiger partial charge in [-0.2, -0.15) is 0 Å². The summed E-state index contributed by atoms with van der Waals surface area (Å²) in [4.78, 5) is 21.0. The van der Waals surface area contributed by atoms with Crippen LogP contribution < -0.4 is 4.74 Å². The van der Waals surface area contributed by atoms with Crippen LogP contribution in [0.15, 0.2) is 48.8 Å². The minimum absolute atomic E-state index is 0. The number of benzene rings is 1. The van der Waals surface area contributed by atoms with E-state index in [1.165, 1.54) is 5.56 Å². The van der Waals surface area contributed by atoms with Crippen LogP contribution in [0.4, 0.5) is 0 Å². The third-order valence-electron chi connectivity index (χ3n) is 5.44. The molecule has 4 rings (SSSR count). The standard InChI is InChI=1S/C21H25N3O2.2ClH.H2O/c25-21(18-4-3-9-22-16-18)24-13-11-23(12-14-24)10-7-17-8-15-26-20-6-2-1-5-19(17)20;;;/h1-6,9,16-17H,7-8,10-15H2;2*1H;1H2. The smallest absolute Gasteiger partial charge is 0.255 e. The second-order valence-corrected chi connectivity index (χ2v) is 7.04. The molecule has 6 nitrogen and oxygen atoms in total. The number of fused-ring (bicyclic) bond motifs is 1. The van der Waals surface area contributed by atoms with E-state index in [0.717, 1.165) is 57.9 Å². The zero-order chi connectivity index (χ0) is 17.8. The highest BCUT2D eigenvalue weighted by Crippen LogP contribution is 2.35. The monoisotopic (exact) mass is 441 g/mol. The number of piperazine rings is 1. The molecule has 0 radical (unpaired) electrons. The van der Waals surface area contributed by atoms with Crippen molar-refractivity contribution in [1.29, 1.82) is 0 Å². The molecule has 2 aliphatic heterocycles. The maximum atomic E-state index is 12.5. The maximum absolute atomic E-state index is 12.5. The molecule has 160 valence electrons. The molecule has 0 spiro atoms. The van der Waals surface area contributed by atoms with Crippen LogP contribution in [0.25, 0.3) is 0 Å². The van der Waals surface area contributed by atoms with Gasteiger partial charge < -0.3 is 15.1 Å². The lowest BCUT2D eigenvalue weighted by Crippen LogP contribution is -2.49. The highest BCUT2D eigenvalue weighted by Gasteiger charge is 2.25. The second-order valence-electron chi connectivity index (χ2n) is 7.04. The van der Waals surface area contributed by atoms with Gasteiger partial charge in [-0.3, -0.25) is 14.7 Å². The second kappa shape index (κ2) is 12.0. The van der Waals surface area contributed by atoms with E-state index >= 15 is 0 Å². The first-order valence-electron chi connectivity index (χ1n) is 9.44. The van der Waals surface area contributed by atoms with E-state index in [9.17, 15) is 4.79 Å². The first-order chi connectivity index (χ1) is 12.8. The number of carbonyl (C=O) groups is 1. The van der Waals surface area contributed by atoms with Crippen LogP contribution >= 0.6 is 24.8 Å². The van der Waals surface area contributed by atoms with Gasteiger partial charge in [0.2, 0.25) is 0 Å². The van der Waals surface area contributed by atoms with Crippen LogP contribution in [-0.4, -0.2) is 65.5 Å². The number of pyridine rings is 1. The van der Waals surface area contributed by atoms with E-state index in [2.05, 4.69) is 28.1 Å². The van der Waals surface area contributed by atoms with Gasteiger partial charge >= 0.3 is 0 Å². The molecule has 1 unspecified atom stereocenters. The van der Waals surface area contributed by atoms with Gasteiger partial charge in [-0.1, -0.05) is 18.2 Å². The molecule has 2 aromatic rings. The number of para-hydroxylation sites is 1. The van der Waals surface area contributed by atoms with Crippen molar-refractivity contribution in [2.24, 2.45) is 0 Å². The average Bonchev–Trinajstić information content (AvgIpc) is 2.73. The molecule has 8 heteroatoms. The Balaban J connectivity index is 0.00000140. The highest BCUT2D eigenvalue weighted by atomic mass is 35.5. The number of rotatable bonds is 4. The Morgan fingerprint density at radius 1 is 1.07 bits per heavy atom. The van der Waals surface area contributed by atoms with E-state index in [0.29, 0.717) is 11.5 Å². The summed E-state index contributed by atoms with van der Waals surface area (Å²) in [5, 5.41) is 0. The van der Waals surface area contributed by atoms with E-state index < -0.39 is 0 Å². The lowest BCUT2D eigenvalue weighted by Gasteiger charge is -2.36. The van der Waals surface area contributed by atoms with Crippen molar-refractivity contribution in [3.63, 3.8) is 0 Å². The fourth-order valence-corrected chi connectivity index (χ4v) is 3.90. The predicted molar refractivity (Wildman–Crippen MR) is 119 cm³/mol. The van der Waals surface area contributed by atoms with Gasteiger partial charge in [0.1, 0.15) is 5.75 Å². The van der Waals surface area contributed by atoms with Crippen LogP contribution in [-0.2, 0) is 0 Å². The predicted octanol–water partition coefficient (Wildman–Crippen LogP) is 2.81. The van der Waals surface area contributed by atoms with Crippen LogP contribution in [0.5, 0.6) is 5.75 Å². The molecule has 2 aliphatic rings. The molecule has 1 atom stereocenters. The van der Waals surface area contributed by atoms with E-state index in [4.69, 9.17) is 4.74 Å². The largest absolute Gasteiger partial charge is 0.493 e. The van der Waals surface area contributed by atoms with Gasteiger partial charge in [-0.15, -0.1) is 24.8 Å². The number of ether oxygens (including phenoxy) is 1. The summed E-state index contributed by atoms with van der Waals surface area (Å²) >= 11 is 0. The minimum atomic E-state index is 0. The Hall–Kier alpha value is -1.86. The molecule has 0 saturated carbocycles. The topological polar surface area (TPSA) is 77.2 Å². The van der Waals surface area contributed by atoms with Gasteiger partial charge in [-0.25, -0.2) is 0 Å². The molecule has 1 saturated heterocycles. The quantitative estimate of drug-likeness (QED) is 0.730. The zero-order valence-corrected chi connectivity index (χ0v) is 18.0. The van der Waals surface area contributed by atoms with Gasteiger partial charge in [0, 0.05) is 38.6 Å². The molecule has 29 heavy (non-hydrogen) atoms. The van der Waals surface area contributed by atoms with Crippen molar-refractivity contribution in [1.82, 2.24) is 14.8 Å². The summed E-state index contributed by atoms with van der Waals surface area (Å²) in [5.41, 5.74) is 2.03. The summed E-state index contributed by atoms with van der Waals surface area (Å²) in [6.45, 7) is 5.35. The SMILES string of the molecule is Cl.Cl.O.O=C(c1cccnc1)N1CCN(CCC2CCOc3ccccc32)CC1. The third-order valence-corrected chi connectivity index (χ3v) is 5.44. The van der Waals surface area contributed by atoms with Gasteiger partial charge in [0.25, 0.3) is 5.91 Å². The molecule has 2 N–H and O–H groups in total. The third kappa shape index (κ3) is 6.06. The van der Waals surface area contributed by atoms with Gasteiger partial charge in [0.15, 0.2) is 0 Å². The summed E-state index contributed by atoms with van der Waals surface area (Å²) in [6.07, 6.45) is 5.59. The van der Waals surface area contributed by atoms with Crippen molar-refractivity contribution in [3.05, 3.63) is 59.9 Å². The molecule has 0 bridgehead atoms. The summed E-state index contributed by atoms with van der Waals surface area (Å²) in [5.74, 6) is 1.72. The number of nitrogens with zero attached hydrogens (tertiary/aromatic N) is 3. The molecule has 3 heterocycles. The Labute approximate surface area is 184 Å². The van der Waals surface area contributed by atoms with E-state index in [-0.39, 0.29) is 36.2 Å². The lowest BCUT2D eigenvalue weighted by molar-refractivity contribution is 0.0631. The molecule has 1 fully saturated rings.